The molecule has 0 spiro atoms. The highest BCUT2D eigenvalue weighted by atomic mass is 32.1. The first-order valence-electron chi connectivity index (χ1n) is 5.55. The van der Waals surface area contributed by atoms with E-state index < -0.39 is 0 Å². The second-order valence-electron chi connectivity index (χ2n) is 4.07. The standard InChI is InChI=1S/C12H16N2OS/c15-12(10-4-2-1-3-5-10)13-11-6-8-14(16)9-7-11/h1-5,11,16H,6-9H2,(H,13,15). The second-order valence-corrected chi connectivity index (χ2v) is 4.63. The smallest absolute Gasteiger partial charge is 0.251 e. The van der Waals surface area contributed by atoms with E-state index in [2.05, 4.69) is 18.1 Å². The molecule has 3 nitrogen and oxygen atoms in total. The Labute approximate surface area is 101 Å². The Hall–Kier alpha value is -1.00. The lowest BCUT2D eigenvalue weighted by atomic mass is 10.1. The number of nitrogens with zero attached hydrogens (tertiary/aromatic N) is 1. The molecule has 1 aliphatic heterocycles. The van der Waals surface area contributed by atoms with Crippen molar-refractivity contribution >= 4 is 18.7 Å². The van der Waals surface area contributed by atoms with Crippen molar-refractivity contribution in [2.45, 2.75) is 18.9 Å². The Balaban J connectivity index is 1.88. The first-order valence-corrected chi connectivity index (χ1v) is 5.95. The van der Waals surface area contributed by atoms with Gasteiger partial charge < -0.3 is 5.32 Å². The van der Waals surface area contributed by atoms with E-state index in [0.29, 0.717) is 0 Å². The monoisotopic (exact) mass is 236 g/mol. The van der Waals surface area contributed by atoms with Crippen LogP contribution in [0.15, 0.2) is 30.3 Å². The van der Waals surface area contributed by atoms with E-state index in [1.807, 2.05) is 34.6 Å². The Morgan fingerprint density at radius 3 is 2.50 bits per heavy atom. The average molecular weight is 236 g/mol. The number of amides is 1. The summed E-state index contributed by atoms with van der Waals surface area (Å²) in [4.78, 5) is 11.9. The van der Waals surface area contributed by atoms with E-state index in [-0.39, 0.29) is 11.9 Å². The Bertz CT molecular complexity index is 347. The summed E-state index contributed by atoms with van der Waals surface area (Å²) in [5.74, 6) is 0.0261. The van der Waals surface area contributed by atoms with Crippen LogP contribution in [-0.4, -0.2) is 29.3 Å². The quantitative estimate of drug-likeness (QED) is 0.766. The molecule has 0 bridgehead atoms. The van der Waals surface area contributed by atoms with E-state index >= 15 is 0 Å². The molecule has 1 fully saturated rings. The average Bonchev–Trinajstić information content (AvgIpc) is 2.33. The van der Waals surface area contributed by atoms with E-state index in [0.717, 1.165) is 31.5 Å². The minimum Gasteiger partial charge on any atom is -0.349 e. The molecule has 1 aliphatic rings. The van der Waals surface area contributed by atoms with E-state index in [1.54, 1.807) is 0 Å². The molecule has 0 aromatic heterocycles. The summed E-state index contributed by atoms with van der Waals surface area (Å²) in [6, 6.07) is 9.63. The van der Waals surface area contributed by atoms with Crippen molar-refractivity contribution in [2.24, 2.45) is 0 Å². The topological polar surface area (TPSA) is 32.3 Å². The molecule has 2 rings (SSSR count). The van der Waals surface area contributed by atoms with Gasteiger partial charge >= 0.3 is 0 Å². The molecule has 16 heavy (non-hydrogen) atoms. The molecule has 86 valence electrons. The molecule has 4 heteroatoms. The minimum atomic E-state index is 0.0261. The Morgan fingerprint density at radius 1 is 1.25 bits per heavy atom. The van der Waals surface area contributed by atoms with Gasteiger partial charge in [-0.1, -0.05) is 31.0 Å². The number of rotatable bonds is 2. The number of carbonyl (C=O) groups is 1. The maximum atomic E-state index is 11.9. The largest absolute Gasteiger partial charge is 0.349 e. The fourth-order valence-corrected chi connectivity index (χ4v) is 2.10. The van der Waals surface area contributed by atoms with Gasteiger partial charge in [0.2, 0.25) is 0 Å². The third kappa shape index (κ3) is 3.00. The molecular formula is C12H16N2OS. The summed E-state index contributed by atoms with van der Waals surface area (Å²) in [5, 5.41) is 3.06. The van der Waals surface area contributed by atoms with Crippen LogP contribution in [0.2, 0.25) is 0 Å². The van der Waals surface area contributed by atoms with Gasteiger partial charge in [0.15, 0.2) is 0 Å². The summed E-state index contributed by atoms with van der Waals surface area (Å²) in [7, 11) is 0. The first kappa shape index (κ1) is 11.5. The number of nitrogens with one attached hydrogen (secondary N) is 1. The van der Waals surface area contributed by atoms with Crippen molar-refractivity contribution in [1.82, 2.24) is 9.62 Å². The van der Waals surface area contributed by atoms with Crippen LogP contribution in [0.25, 0.3) is 0 Å². The van der Waals surface area contributed by atoms with Crippen LogP contribution in [0.4, 0.5) is 0 Å². The maximum Gasteiger partial charge on any atom is 0.251 e. The van der Waals surface area contributed by atoms with E-state index in [9.17, 15) is 4.79 Å². The molecule has 1 aromatic rings. The minimum absolute atomic E-state index is 0.0261. The number of benzene rings is 1. The molecule has 1 heterocycles. The summed E-state index contributed by atoms with van der Waals surface area (Å²) in [6.45, 7) is 1.87. The third-order valence-electron chi connectivity index (χ3n) is 2.84. The number of carbonyl (C=O) groups excluding carboxylic acids is 1. The van der Waals surface area contributed by atoms with Crippen molar-refractivity contribution in [3.8, 4) is 0 Å². The molecule has 0 saturated carbocycles. The first-order chi connectivity index (χ1) is 7.75. The van der Waals surface area contributed by atoms with Gasteiger partial charge in [-0.25, -0.2) is 0 Å². The van der Waals surface area contributed by atoms with Crippen LogP contribution < -0.4 is 5.32 Å². The van der Waals surface area contributed by atoms with Crippen LogP contribution in [0.3, 0.4) is 0 Å². The predicted octanol–water partition coefficient (Wildman–Crippen LogP) is 1.73. The zero-order valence-electron chi connectivity index (χ0n) is 9.10. The number of piperidine rings is 1. The molecule has 0 aliphatic carbocycles. The van der Waals surface area contributed by atoms with Gasteiger partial charge in [0.05, 0.1) is 0 Å². The van der Waals surface area contributed by atoms with Crippen molar-refractivity contribution in [3.05, 3.63) is 35.9 Å². The molecule has 1 saturated heterocycles. The molecule has 0 radical (unpaired) electrons. The molecule has 0 unspecified atom stereocenters. The highest BCUT2D eigenvalue weighted by Crippen LogP contribution is 2.12. The van der Waals surface area contributed by atoms with Crippen molar-refractivity contribution < 1.29 is 4.79 Å². The zero-order chi connectivity index (χ0) is 11.4. The van der Waals surface area contributed by atoms with Crippen molar-refractivity contribution in [1.29, 1.82) is 0 Å². The van der Waals surface area contributed by atoms with E-state index in [1.165, 1.54) is 0 Å². The second kappa shape index (κ2) is 5.37. The van der Waals surface area contributed by atoms with Gasteiger partial charge in [-0.2, -0.15) is 0 Å². The fourth-order valence-electron chi connectivity index (χ4n) is 1.87. The van der Waals surface area contributed by atoms with Crippen molar-refractivity contribution in [2.75, 3.05) is 13.1 Å². The molecule has 0 atom stereocenters. The van der Waals surface area contributed by atoms with Gasteiger partial charge in [-0.15, -0.1) is 0 Å². The fraction of sp³-hybridized carbons (Fsp3) is 0.417. The molecular weight excluding hydrogens is 220 g/mol. The van der Waals surface area contributed by atoms with Gasteiger partial charge in [-0.05, 0) is 25.0 Å². The normalized spacial score (nSPS) is 18.3. The number of thiol groups is 1. The van der Waals surface area contributed by atoms with Crippen LogP contribution >= 0.6 is 12.8 Å². The van der Waals surface area contributed by atoms with Crippen LogP contribution in [0.5, 0.6) is 0 Å². The van der Waals surface area contributed by atoms with Crippen LogP contribution in [0.1, 0.15) is 23.2 Å². The van der Waals surface area contributed by atoms with E-state index in [4.69, 9.17) is 0 Å². The third-order valence-corrected chi connectivity index (χ3v) is 3.24. The summed E-state index contributed by atoms with van der Waals surface area (Å²) in [6.07, 6.45) is 1.95. The summed E-state index contributed by atoms with van der Waals surface area (Å²) in [5.41, 5.74) is 0.732. The molecule has 1 aromatic carbocycles. The summed E-state index contributed by atoms with van der Waals surface area (Å²) < 4.78 is 1.99. The lowest BCUT2D eigenvalue weighted by molar-refractivity contribution is 0.0924. The zero-order valence-corrected chi connectivity index (χ0v) is 9.99. The van der Waals surface area contributed by atoms with Gasteiger partial charge in [0, 0.05) is 24.7 Å². The van der Waals surface area contributed by atoms with Crippen LogP contribution in [-0.2, 0) is 0 Å². The Kier molecular flexibility index (Phi) is 3.85. The SMILES string of the molecule is O=C(NC1CCN(S)CC1)c1ccccc1. The lowest BCUT2D eigenvalue weighted by Crippen LogP contribution is -2.42. The van der Waals surface area contributed by atoms with Gasteiger partial charge in [0.25, 0.3) is 5.91 Å². The van der Waals surface area contributed by atoms with Crippen LogP contribution in [0, 0.1) is 0 Å². The Morgan fingerprint density at radius 2 is 1.88 bits per heavy atom. The van der Waals surface area contributed by atoms with Gasteiger partial charge in [-0.3, -0.25) is 9.10 Å². The number of hydrogen-bond donors (Lipinski definition) is 2. The van der Waals surface area contributed by atoms with Gasteiger partial charge in [0.1, 0.15) is 0 Å². The summed E-state index contributed by atoms with van der Waals surface area (Å²) >= 11 is 4.28. The lowest BCUT2D eigenvalue weighted by Gasteiger charge is -2.28. The molecule has 1 amide bonds. The maximum absolute atomic E-state index is 11.9. The highest BCUT2D eigenvalue weighted by Gasteiger charge is 2.19. The van der Waals surface area contributed by atoms with Crippen molar-refractivity contribution in [3.63, 3.8) is 0 Å². The highest BCUT2D eigenvalue weighted by molar-refractivity contribution is 7.77. The predicted molar refractivity (Wildman–Crippen MR) is 67.5 cm³/mol. The number of hydrogen-bond acceptors (Lipinski definition) is 3. The molecule has 1 N–H and O–H groups in total.